The Kier molecular flexibility index (Phi) is 2.49. The number of nitrogens with zero attached hydrogens (tertiary/aromatic N) is 2. The van der Waals surface area contributed by atoms with Gasteiger partial charge in [0, 0.05) is 0 Å². The second-order valence-electron chi connectivity index (χ2n) is 2.62. The maximum atomic E-state index is 8.83. The molecule has 2 nitrogen and oxygen atoms in total. The van der Waals surface area contributed by atoms with E-state index in [0.29, 0.717) is 10.2 Å². The van der Waals surface area contributed by atoms with Crippen molar-refractivity contribution >= 4 is 22.9 Å². The molecule has 1 heterocycles. The molecule has 1 aromatic heterocycles. The zero-order chi connectivity index (χ0) is 9.97. The molecule has 0 radical (unpaired) electrons. The topological polar surface area (TPSA) is 36.7 Å². The van der Waals surface area contributed by atoms with Gasteiger partial charge in [-0.25, -0.2) is 4.98 Å². The largest absolute Gasteiger partial charge is 0.213 e. The average molecular weight is 221 g/mol. The Hall–Kier alpha value is -1.37. The van der Waals surface area contributed by atoms with Crippen LogP contribution in [0.2, 0.25) is 4.47 Å². The van der Waals surface area contributed by atoms with Gasteiger partial charge in [0.15, 0.2) is 10.2 Å². The van der Waals surface area contributed by atoms with Gasteiger partial charge in [-0.1, -0.05) is 41.9 Å². The van der Waals surface area contributed by atoms with Crippen LogP contribution in [-0.4, -0.2) is 4.98 Å². The van der Waals surface area contributed by atoms with Crippen molar-refractivity contribution in [1.82, 2.24) is 4.98 Å². The molecule has 14 heavy (non-hydrogen) atoms. The van der Waals surface area contributed by atoms with Crippen molar-refractivity contribution in [3.8, 4) is 16.5 Å². The van der Waals surface area contributed by atoms with Crippen molar-refractivity contribution in [1.29, 1.82) is 5.26 Å². The highest BCUT2D eigenvalue weighted by Gasteiger charge is 2.10. The second-order valence-corrected chi connectivity index (χ2v) is 4.20. The minimum absolute atomic E-state index is 0.395. The summed E-state index contributed by atoms with van der Waals surface area (Å²) < 4.78 is 0.403. The number of aromatic nitrogens is 1. The van der Waals surface area contributed by atoms with Crippen LogP contribution in [0.3, 0.4) is 0 Å². The van der Waals surface area contributed by atoms with Gasteiger partial charge < -0.3 is 0 Å². The molecule has 0 fully saturated rings. The first-order valence-electron chi connectivity index (χ1n) is 3.93. The first-order valence-corrected chi connectivity index (χ1v) is 5.12. The van der Waals surface area contributed by atoms with Crippen LogP contribution in [0.25, 0.3) is 10.4 Å². The first-order chi connectivity index (χ1) is 6.81. The van der Waals surface area contributed by atoms with Crippen LogP contribution in [0.4, 0.5) is 0 Å². The molecule has 0 aliphatic rings. The zero-order valence-corrected chi connectivity index (χ0v) is 8.64. The third-order valence-electron chi connectivity index (χ3n) is 1.74. The van der Waals surface area contributed by atoms with E-state index in [2.05, 4.69) is 4.98 Å². The fourth-order valence-corrected chi connectivity index (χ4v) is 2.22. The standard InChI is InChI=1S/C10H5ClN2S/c11-10-13-8(6-12)9(14-10)7-4-2-1-3-5-7/h1-5H. The summed E-state index contributed by atoms with van der Waals surface area (Å²) in [5, 5.41) is 8.83. The van der Waals surface area contributed by atoms with E-state index in [1.165, 1.54) is 11.3 Å². The molecule has 0 unspecified atom stereocenters. The van der Waals surface area contributed by atoms with Crippen molar-refractivity contribution in [2.24, 2.45) is 0 Å². The number of hydrogen-bond acceptors (Lipinski definition) is 3. The number of rotatable bonds is 1. The average Bonchev–Trinajstić information content (AvgIpc) is 2.61. The second kappa shape index (κ2) is 3.79. The Bertz CT molecular complexity index is 485. The fraction of sp³-hybridized carbons (Fsp3) is 0. The molecule has 0 aliphatic carbocycles. The molecular formula is C10H5ClN2S. The normalized spacial score (nSPS) is 9.71. The maximum Gasteiger partial charge on any atom is 0.185 e. The molecule has 0 saturated heterocycles. The quantitative estimate of drug-likeness (QED) is 0.739. The van der Waals surface area contributed by atoms with E-state index in [1.54, 1.807) is 0 Å². The van der Waals surface area contributed by atoms with Gasteiger partial charge in [0.1, 0.15) is 6.07 Å². The van der Waals surface area contributed by atoms with Gasteiger partial charge in [-0.3, -0.25) is 0 Å². The maximum absolute atomic E-state index is 8.83. The summed E-state index contributed by atoms with van der Waals surface area (Å²) in [7, 11) is 0. The van der Waals surface area contributed by atoms with Crippen LogP contribution in [0.15, 0.2) is 30.3 Å². The molecule has 0 N–H and O–H groups in total. The van der Waals surface area contributed by atoms with E-state index in [1.807, 2.05) is 36.4 Å². The molecule has 2 rings (SSSR count). The Morgan fingerprint density at radius 2 is 2.00 bits per heavy atom. The molecule has 2 aromatic rings. The molecule has 1 aromatic carbocycles. The smallest absolute Gasteiger partial charge is 0.185 e. The van der Waals surface area contributed by atoms with Crippen LogP contribution < -0.4 is 0 Å². The summed E-state index contributed by atoms with van der Waals surface area (Å²) in [4.78, 5) is 4.76. The number of thiazole rings is 1. The molecule has 0 amide bonds. The van der Waals surface area contributed by atoms with E-state index < -0.39 is 0 Å². The van der Waals surface area contributed by atoms with E-state index in [0.717, 1.165) is 10.4 Å². The first kappa shape index (κ1) is 9.20. The summed E-state index contributed by atoms with van der Waals surface area (Å²) in [5.74, 6) is 0. The summed E-state index contributed by atoms with van der Waals surface area (Å²) >= 11 is 7.07. The highest BCUT2D eigenvalue weighted by Crippen LogP contribution is 2.31. The zero-order valence-electron chi connectivity index (χ0n) is 7.07. The predicted octanol–water partition coefficient (Wildman–Crippen LogP) is 3.34. The van der Waals surface area contributed by atoms with Crippen molar-refractivity contribution in [3.05, 3.63) is 40.5 Å². The molecular weight excluding hydrogens is 216 g/mol. The van der Waals surface area contributed by atoms with Crippen molar-refractivity contribution < 1.29 is 0 Å². The fourth-order valence-electron chi connectivity index (χ4n) is 1.15. The molecule has 68 valence electrons. The summed E-state index contributed by atoms with van der Waals surface area (Å²) in [6, 6.07) is 11.7. The molecule has 0 saturated carbocycles. The predicted molar refractivity (Wildman–Crippen MR) is 57.3 cm³/mol. The molecule has 0 aliphatic heterocycles. The summed E-state index contributed by atoms with van der Waals surface area (Å²) in [6.07, 6.45) is 0. The van der Waals surface area contributed by atoms with E-state index in [4.69, 9.17) is 16.9 Å². The van der Waals surface area contributed by atoms with Crippen LogP contribution in [0, 0.1) is 11.3 Å². The molecule has 4 heteroatoms. The highest BCUT2D eigenvalue weighted by molar-refractivity contribution is 7.19. The highest BCUT2D eigenvalue weighted by atomic mass is 35.5. The molecule has 0 bridgehead atoms. The van der Waals surface area contributed by atoms with Gasteiger partial charge in [-0.05, 0) is 5.56 Å². The number of hydrogen-bond donors (Lipinski definition) is 0. The van der Waals surface area contributed by atoms with Crippen LogP contribution in [0.5, 0.6) is 0 Å². The Morgan fingerprint density at radius 1 is 1.29 bits per heavy atom. The van der Waals surface area contributed by atoms with Crippen molar-refractivity contribution in [3.63, 3.8) is 0 Å². The molecule has 0 spiro atoms. The van der Waals surface area contributed by atoms with Gasteiger partial charge in [-0.2, -0.15) is 5.26 Å². The summed E-state index contributed by atoms with van der Waals surface area (Å²) in [6.45, 7) is 0. The molecule has 0 atom stereocenters. The number of benzene rings is 1. The van der Waals surface area contributed by atoms with Gasteiger partial charge in [0.2, 0.25) is 0 Å². The van der Waals surface area contributed by atoms with Crippen LogP contribution in [0.1, 0.15) is 5.69 Å². The lowest BCUT2D eigenvalue weighted by Gasteiger charge is -1.94. The minimum Gasteiger partial charge on any atom is -0.213 e. The summed E-state index contributed by atoms with van der Waals surface area (Å²) in [5.41, 5.74) is 1.37. The Labute approximate surface area is 90.4 Å². The van der Waals surface area contributed by atoms with Crippen LogP contribution in [-0.2, 0) is 0 Å². The van der Waals surface area contributed by atoms with E-state index in [-0.39, 0.29) is 0 Å². The van der Waals surface area contributed by atoms with Crippen molar-refractivity contribution in [2.45, 2.75) is 0 Å². The monoisotopic (exact) mass is 220 g/mol. The van der Waals surface area contributed by atoms with Crippen LogP contribution >= 0.6 is 22.9 Å². The Morgan fingerprint density at radius 3 is 2.64 bits per heavy atom. The SMILES string of the molecule is N#Cc1nc(Cl)sc1-c1ccccc1. The number of halogens is 1. The number of nitriles is 1. The van der Waals surface area contributed by atoms with Gasteiger partial charge in [0.25, 0.3) is 0 Å². The van der Waals surface area contributed by atoms with Gasteiger partial charge in [0.05, 0.1) is 4.88 Å². The van der Waals surface area contributed by atoms with Gasteiger partial charge in [-0.15, -0.1) is 11.3 Å². The lowest BCUT2D eigenvalue weighted by Crippen LogP contribution is -1.78. The van der Waals surface area contributed by atoms with E-state index >= 15 is 0 Å². The third-order valence-corrected chi connectivity index (χ3v) is 2.95. The van der Waals surface area contributed by atoms with E-state index in [9.17, 15) is 0 Å². The Balaban J connectivity index is 2.58. The lowest BCUT2D eigenvalue weighted by atomic mass is 10.2. The lowest BCUT2D eigenvalue weighted by molar-refractivity contribution is 1.33. The van der Waals surface area contributed by atoms with Gasteiger partial charge >= 0.3 is 0 Å². The van der Waals surface area contributed by atoms with Crippen molar-refractivity contribution in [2.75, 3.05) is 0 Å². The minimum atomic E-state index is 0.395. The third kappa shape index (κ3) is 1.63.